The molecule has 0 fully saturated rings. The number of benzene rings is 3. The standard InChI is InChI=1S/C24H23ClO2S/c1-16-9-11-19(12-10-16)28-21-15-17(2)20(13-14-25)22(23(21)24(26)27-3)18-7-5-4-6-8-18/h4-12,15H,13-14H2,1-3H3. The highest BCUT2D eigenvalue weighted by molar-refractivity contribution is 7.99. The summed E-state index contributed by atoms with van der Waals surface area (Å²) in [6, 6.07) is 20.4. The Morgan fingerprint density at radius 1 is 1.04 bits per heavy atom. The number of alkyl halides is 1. The number of methoxy groups -OCH3 is 1. The van der Waals surface area contributed by atoms with Crippen LogP contribution in [0.1, 0.15) is 27.0 Å². The molecule has 0 radical (unpaired) electrons. The monoisotopic (exact) mass is 410 g/mol. The molecule has 0 aromatic heterocycles. The van der Waals surface area contributed by atoms with E-state index in [1.54, 1.807) is 11.8 Å². The average molecular weight is 411 g/mol. The van der Waals surface area contributed by atoms with Gasteiger partial charge < -0.3 is 4.74 Å². The molecule has 3 aromatic carbocycles. The lowest BCUT2D eigenvalue weighted by molar-refractivity contribution is 0.0597. The Balaban J connectivity index is 2.25. The summed E-state index contributed by atoms with van der Waals surface area (Å²) in [7, 11) is 1.43. The Labute approximate surface area is 175 Å². The zero-order chi connectivity index (χ0) is 20.1. The first-order valence-electron chi connectivity index (χ1n) is 9.15. The van der Waals surface area contributed by atoms with Gasteiger partial charge in [-0.3, -0.25) is 0 Å². The third-order valence-electron chi connectivity index (χ3n) is 4.67. The van der Waals surface area contributed by atoms with Crippen LogP contribution >= 0.6 is 23.4 Å². The second kappa shape index (κ2) is 9.31. The molecule has 0 saturated heterocycles. The lowest BCUT2D eigenvalue weighted by Gasteiger charge is -2.20. The molecule has 0 bridgehead atoms. The summed E-state index contributed by atoms with van der Waals surface area (Å²) in [6.07, 6.45) is 0.692. The lowest BCUT2D eigenvalue weighted by Crippen LogP contribution is -2.10. The summed E-state index contributed by atoms with van der Waals surface area (Å²) < 4.78 is 5.18. The Hall–Kier alpha value is -2.23. The SMILES string of the molecule is COC(=O)c1c(Sc2ccc(C)cc2)cc(C)c(CCCl)c1-c1ccccc1. The molecule has 0 unspecified atom stereocenters. The van der Waals surface area contributed by atoms with Crippen molar-refractivity contribution in [3.05, 3.63) is 82.9 Å². The topological polar surface area (TPSA) is 26.3 Å². The van der Waals surface area contributed by atoms with E-state index in [4.69, 9.17) is 16.3 Å². The van der Waals surface area contributed by atoms with Crippen molar-refractivity contribution in [2.24, 2.45) is 0 Å². The summed E-state index contributed by atoms with van der Waals surface area (Å²) in [6.45, 7) is 4.14. The zero-order valence-corrected chi connectivity index (χ0v) is 17.9. The number of carbonyl (C=O) groups excluding carboxylic acids is 1. The second-order valence-electron chi connectivity index (χ2n) is 6.63. The fourth-order valence-corrected chi connectivity index (χ4v) is 4.52. The van der Waals surface area contributed by atoms with Crippen molar-refractivity contribution in [1.82, 2.24) is 0 Å². The van der Waals surface area contributed by atoms with Crippen LogP contribution in [0, 0.1) is 13.8 Å². The van der Waals surface area contributed by atoms with E-state index in [1.807, 2.05) is 30.3 Å². The van der Waals surface area contributed by atoms with E-state index >= 15 is 0 Å². The summed E-state index contributed by atoms with van der Waals surface area (Å²) in [5.41, 5.74) is 5.94. The molecular weight excluding hydrogens is 388 g/mol. The summed E-state index contributed by atoms with van der Waals surface area (Å²) in [4.78, 5) is 14.8. The second-order valence-corrected chi connectivity index (χ2v) is 8.13. The van der Waals surface area contributed by atoms with Crippen LogP contribution in [0.5, 0.6) is 0 Å². The maximum atomic E-state index is 12.9. The molecule has 4 heteroatoms. The van der Waals surface area contributed by atoms with E-state index in [2.05, 4.69) is 44.2 Å². The van der Waals surface area contributed by atoms with E-state index in [1.165, 1.54) is 12.7 Å². The van der Waals surface area contributed by atoms with Crippen molar-refractivity contribution in [3.8, 4) is 11.1 Å². The molecule has 28 heavy (non-hydrogen) atoms. The largest absolute Gasteiger partial charge is 0.465 e. The van der Waals surface area contributed by atoms with Crippen LogP contribution < -0.4 is 0 Å². The highest BCUT2D eigenvalue weighted by atomic mass is 35.5. The lowest BCUT2D eigenvalue weighted by atomic mass is 9.89. The number of esters is 1. The summed E-state index contributed by atoms with van der Waals surface area (Å²) in [5.74, 6) is 0.162. The molecule has 0 aliphatic heterocycles. The molecule has 0 heterocycles. The number of hydrogen-bond donors (Lipinski definition) is 0. The van der Waals surface area contributed by atoms with Crippen LogP contribution in [0.4, 0.5) is 0 Å². The molecule has 0 saturated carbocycles. The number of halogens is 1. The van der Waals surface area contributed by atoms with Crippen LogP contribution in [-0.2, 0) is 11.2 Å². The van der Waals surface area contributed by atoms with Crippen molar-refractivity contribution in [2.45, 2.75) is 30.1 Å². The summed E-state index contributed by atoms with van der Waals surface area (Å²) >= 11 is 7.68. The zero-order valence-electron chi connectivity index (χ0n) is 16.3. The molecule has 2 nitrogen and oxygen atoms in total. The normalized spacial score (nSPS) is 10.7. The Morgan fingerprint density at radius 3 is 2.32 bits per heavy atom. The Kier molecular flexibility index (Phi) is 6.82. The first kappa shape index (κ1) is 20.5. The molecular formula is C24H23ClO2S. The maximum absolute atomic E-state index is 12.9. The van der Waals surface area contributed by atoms with Gasteiger partial charge in [0.25, 0.3) is 0 Å². The van der Waals surface area contributed by atoms with E-state index in [0.29, 0.717) is 17.9 Å². The van der Waals surface area contributed by atoms with Crippen molar-refractivity contribution >= 4 is 29.3 Å². The van der Waals surface area contributed by atoms with Crippen LogP contribution in [0.3, 0.4) is 0 Å². The van der Waals surface area contributed by atoms with Gasteiger partial charge in [-0.25, -0.2) is 4.79 Å². The fourth-order valence-electron chi connectivity index (χ4n) is 3.29. The fraction of sp³-hybridized carbons (Fsp3) is 0.208. The highest BCUT2D eigenvalue weighted by Gasteiger charge is 2.24. The van der Waals surface area contributed by atoms with Gasteiger partial charge in [-0.1, -0.05) is 59.8 Å². The van der Waals surface area contributed by atoms with Gasteiger partial charge in [0.2, 0.25) is 0 Å². The van der Waals surface area contributed by atoms with E-state index in [0.717, 1.165) is 32.0 Å². The molecule has 0 aliphatic carbocycles. The van der Waals surface area contributed by atoms with Crippen LogP contribution in [-0.4, -0.2) is 19.0 Å². The minimum atomic E-state index is -0.329. The number of hydrogen-bond acceptors (Lipinski definition) is 3. The molecule has 3 rings (SSSR count). The van der Waals surface area contributed by atoms with Crippen molar-refractivity contribution < 1.29 is 9.53 Å². The van der Waals surface area contributed by atoms with Gasteiger partial charge >= 0.3 is 5.97 Å². The van der Waals surface area contributed by atoms with Gasteiger partial charge in [0.15, 0.2) is 0 Å². The van der Waals surface area contributed by atoms with Crippen LogP contribution in [0.2, 0.25) is 0 Å². The van der Waals surface area contributed by atoms with Gasteiger partial charge in [-0.15, -0.1) is 11.6 Å². The molecule has 144 valence electrons. The first-order valence-corrected chi connectivity index (χ1v) is 10.5. The highest BCUT2D eigenvalue weighted by Crippen LogP contribution is 2.40. The van der Waals surface area contributed by atoms with Gasteiger partial charge in [-0.2, -0.15) is 0 Å². The molecule has 0 spiro atoms. The average Bonchev–Trinajstić information content (AvgIpc) is 2.71. The van der Waals surface area contributed by atoms with E-state index in [9.17, 15) is 4.79 Å². The van der Waals surface area contributed by atoms with Crippen molar-refractivity contribution in [2.75, 3.05) is 13.0 Å². The van der Waals surface area contributed by atoms with Gasteiger partial charge in [0.05, 0.1) is 12.7 Å². The minimum Gasteiger partial charge on any atom is -0.465 e. The number of carbonyl (C=O) groups is 1. The molecule has 0 amide bonds. The third-order valence-corrected chi connectivity index (χ3v) is 5.91. The molecule has 3 aromatic rings. The van der Waals surface area contributed by atoms with Gasteiger partial charge in [0, 0.05) is 21.2 Å². The van der Waals surface area contributed by atoms with Crippen LogP contribution in [0.25, 0.3) is 11.1 Å². The van der Waals surface area contributed by atoms with Crippen molar-refractivity contribution in [1.29, 1.82) is 0 Å². The number of aryl methyl sites for hydroxylation is 2. The molecule has 0 aliphatic rings. The third kappa shape index (κ3) is 4.43. The number of rotatable bonds is 6. The molecule has 0 N–H and O–H groups in total. The Morgan fingerprint density at radius 2 is 1.71 bits per heavy atom. The van der Waals surface area contributed by atoms with Crippen molar-refractivity contribution in [3.63, 3.8) is 0 Å². The van der Waals surface area contributed by atoms with Gasteiger partial charge in [0.1, 0.15) is 0 Å². The van der Waals surface area contributed by atoms with E-state index in [-0.39, 0.29) is 5.97 Å². The summed E-state index contributed by atoms with van der Waals surface area (Å²) in [5, 5.41) is 0. The van der Waals surface area contributed by atoms with Crippen LogP contribution in [0.15, 0.2) is 70.5 Å². The minimum absolute atomic E-state index is 0.329. The predicted molar refractivity (Wildman–Crippen MR) is 118 cm³/mol. The predicted octanol–water partition coefficient (Wildman–Crippen LogP) is 6.69. The number of ether oxygens (including phenoxy) is 1. The van der Waals surface area contributed by atoms with E-state index < -0.39 is 0 Å². The quantitative estimate of drug-likeness (QED) is 0.334. The maximum Gasteiger partial charge on any atom is 0.339 e. The van der Waals surface area contributed by atoms with Gasteiger partial charge in [-0.05, 0) is 55.2 Å². The first-order chi connectivity index (χ1) is 13.5. The molecule has 0 atom stereocenters. The Bertz CT molecular complexity index is 966. The smallest absolute Gasteiger partial charge is 0.339 e.